The largest absolute Gasteiger partial charge is 0.481 e. The third-order valence-electron chi connectivity index (χ3n) is 3.62. The minimum atomic E-state index is -0.767. The van der Waals surface area contributed by atoms with Gasteiger partial charge < -0.3 is 15.3 Å². The zero-order valence-corrected chi connectivity index (χ0v) is 12.1. The highest BCUT2D eigenvalue weighted by molar-refractivity contribution is 5.74. The van der Waals surface area contributed by atoms with Crippen LogP contribution in [0.4, 0.5) is 4.79 Å². The lowest BCUT2D eigenvalue weighted by molar-refractivity contribution is -0.138. The van der Waals surface area contributed by atoms with Crippen LogP contribution in [-0.2, 0) is 11.3 Å². The van der Waals surface area contributed by atoms with E-state index in [2.05, 4.69) is 15.3 Å². The average Bonchev–Trinajstić information content (AvgIpc) is 2.45. The topological polar surface area (TPSA) is 95.4 Å². The summed E-state index contributed by atoms with van der Waals surface area (Å²) in [5.41, 5.74) is 0.775. The zero-order chi connectivity index (χ0) is 15.2. The average molecular weight is 292 g/mol. The Morgan fingerprint density at radius 3 is 2.76 bits per heavy atom. The Labute approximate surface area is 123 Å². The fourth-order valence-electron chi connectivity index (χ4n) is 2.47. The summed E-state index contributed by atoms with van der Waals surface area (Å²) >= 11 is 0. The highest BCUT2D eigenvalue weighted by Gasteiger charge is 2.24. The van der Waals surface area contributed by atoms with Gasteiger partial charge in [-0.05, 0) is 31.7 Å². The van der Waals surface area contributed by atoms with Crippen LogP contribution in [0.2, 0.25) is 0 Å². The van der Waals surface area contributed by atoms with Gasteiger partial charge in [0.25, 0.3) is 0 Å². The number of piperidine rings is 1. The molecule has 7 nitrogen and oxygen atoms in total. The number of aromatic nitrogens is 2. The Bertz CT molecular complexity index is 513. The first kappa shape index (κ1) is 15.2. The number of carbonyl (C=O) groups excluding carboxylic acids is 1. The normalized spacial score (nSPS) is 15.8. The molecule has 1 fully saturated rings. The van der Waals surface area contributed by atoms with E-state index in [0.717, 1.165) is 18.5 Å². The van der Waals surface area contributed by atoms with Gasteiger partial charge in [-0.25, -0.2) is 14.8 Å². The number of nitrogens with one attached hydrogen (secondary N) is 1. The van der Waals surface area contributed by atoms with Crippen molar-refractivity contribution < 1.29 is 14.7 Å². The molecule has 1 aliphatic rings. The summed E-state index contributed by atoms with van der Waals surface area (Å²) in [6.07, 6.45) is 3.34. The molecule has 2 heterocycles. The molecule has 0 aromatic carbocycles. The molecule has 7 heteroatoms. The lowest BCUT2D eigenvalue weighted by Gasteiger charge is -2.31. The minimum absolute atomic E-state index is 0.125. The number of carboxylic acids is 1. The van der Waals surface area contributed by atoms with Crippen LogP contribution in [-0.4, -0.2) is 45.1 Å². The van der Waals surface area contributed by atoms with Crippen LogP contribution < -0.4 is 5.32 Å². The number of nitrogens with zero attached hydrogens (tertiary/aromatic N) is 3. The Morgan fingerprint density at radius 2 is 2.14 bits per heavy atom. The zero-order valence-electron chi connectivity index (χ0n) is 12.1. The third-order valence-corrected chi connectivity index (χ3v) is 3.62. The molecule has 0 atom stereocenters. The van der Waals surface area contributed by atoms with Crippen molar-refractivity contribution in [2.24, 2.45) is 5.92 Å². The van der Waals surface area contributed by atoms with Gasteiger partial charge in [-0.15, -0.1) is 0 Å². The van der Waals surface area contributed by atoms with Gasteiger partial charge >= 0.3 is 12.0 Å². The molecule has 21 heavy (non-hydrogen) atoms. The van der Waals surface area contributed by atoms with E-state index >= 15 is 0 Å². The van der Waals surface area contributed by atoms with Crippen LogP contribution in [0.5, 0.6) is 0 Å². The number of urea groups is 1. The van der Waals surface area contributed by atoms with E-state index < -0.39 is 5.97 Å². The fourth-order valence-corrected chi connectivity index (χ4v) is 2.47. The summed E-state index contributed by atoms with van der Waals surface area (Å²) in [4.78, 5) is 32.7. The van der Waals surface area contributed by atoms with Crippen molar-refractivity contribution in [3.05, 3.63) is 23.8 Å². The van der Waals surface area contributed by atoms with Crippen LogP contribution in [0.15, 0.2) is 12.3 Å². The number of carboxylic acid groups (broad SMARTS) is 1. The predicted octanol–water partition coefficient (Wildman–Crippen LogP) is 1.18. The molecule has 0 unspecified atom stereocenters. The van der Waals surface area contributed by atoms with Crippen LogP contribution in [0.1, 0.15) is 30.8 Å². The van der Waals surface area contributed by atoms with E-state index in [9.17, 15) is 9.59 Å². The quantitative estimate of drug-likeness (QED) is 0.869. The van der Waals surface area contributed by atoms with E-state index in [4.69, 9.17) is 5.11 Å². The summed E-state index contributed by atoms with van der Waals surface area (Å²) in [6, 6.07) is 1.65. The Hall–Kier alpha value is -2.18. The van der Waals surface area contributed by atoms with Crippen molar-refractivity contribution in [2.75, 3.05) is 13.1 Å². The van der Waals surface area contributed by atoms with E-state index in [1.165, 1.54) is 0 Å². The molecule has 0 bridgehead atoms. The highest BCUT2D eigenvalue weighted by atomic mass is 16.4. The molecule has 1 aliphatic heterocycles. The minimum Gasteiger partial charge on any atom is -0.481 e. The molecule has 0 radical (unpaired) electrons. The van der Waals surface area contributed by atoms with Crippen molar-refractivity contribution in [3.8, 4) is 0 Å². The van der Waals surface area contributed by atoms with Crippen LogP contribution in [0.25, 0.3) is 0 Å². The van der Waals surface area contributed by atoms with Crippen molar-refractivity contribution in [2.45, 2.75) is 32.7 Å². The maximum Gasteiger partial charge on any atom is 0.317 e. The van der Waals surface area contributed by atoms with Gasteiger partial charge in [0.05, 0.1) is 12.2 Å². The standard InChI is InChI=1S/C14H20N4O3/c1-10-15-5-2-12(17-10)9-16-14(21)18-6-3-11(4-7-18)8-13(19)20/h2,5,11H,3-4,6-9H2,1H3,(H,16,21)(H,19,20). The number of aliphatic carboxylic acids is 1. The molecule has 0 aliphatic carbocycles. The molecule has 2 N–H and O–H groups in total. The number of rotatable bonds is 4. The number of aryl methyl sites for hydroxylation is 1. The molecule has 0 spiro atoms. The second-order valence-electron chi connectivity index (χ2n) is 5.28. The Kier molecular flexibility index (Phi) is 5.08. The first-order chi connectivity index (χ1) is 10.0. The smallest absolute Gasteiger partial charge is 0.317 e. The second kappa shape index (κ2) is 7.01. The Morgan fingerprint density at radius 1 is 1.43 bits per heavy atom. The van der Waals surface area contributed by atoms with Gasteiger partial charge in [-0.1, -0.05) is 0 Å². The SMILES string of the molecule is Cc1nccc(CNC(=O)N2CCC(CC(=O)O)CC2)n1. The number of amides is 2. The lowest BCUT2D eigenvalue weighted by atomic mass is 9.94. The number of hydrogen-bond acceptors (Lipinski definition) is 4. The summed E-state index contributed by atoms with van der Waals surface area (Å²) in [7, 11) is 0. The molecule has 2 rings (SSSR count). The van der Waals surface area contributed by atoms with Gasteiger partial charge in [0, 0.05) is 25.7 Å². The molecule has 1 saturated heterocycles. The van der Waals surface area contributed by atoms with Crippen LogP contribution in [0, 0.1) is 12.8 Å². The molecule has 2 amide bonds. The van der Waals surface area contributed by atoms with Gasteiger partial charge in [-0.3, -0.25) is 4.79 Å². The number of carbonyl (C=O) groups is 2. The van der Waals surface area contributed by atoms with Crippen molar-refractivity contribution in [1.82, 2.24) is 20.2 Å². The molecule has 1 aromatic rings. The summed E-state index contributed by atoms with van der Waals surface area (Å²) in [5, 5.41) is 11.6. The number of likely N-dealkylation sites (tertiary alicyclic amines) is 1. The van der Waals surface area contributed by atoms with Crippen molar-refractivity contribution in [3.63, 3.8) is 0 Å². The molecular formula is C14H20N4O3. The van der Waals surface area contributed by atoms with E-state index in [1.54, 1.807) is 24.1 Å². The van der Waals surface area contributed by atoms with E-state index in [-0.39, 0.29) is 18.4 Å². The van der Waals surface area contributed by atoms with Crippen molar-refractivity contribution >= 4 is 12.0 Å². The monoisotopic (exact) mass is 292 g/mol. The lowest BCUT2D eigenvalue weighted by Crippen LogP contribution is -2.44. The number of hydrogen-bond donors (Lipinski definition) is 2. The van der Waals surface area contributed by atoms with Crippen LogP contribution in [0.3, 0.4) is 0 Å². The van der Waals surface area contributed by atoms with E-state index in [0.29, 0.717) is 25.5 Å². The van der Waals surface area contributed by atoms with Gasteiger partial charge in [0.1, 0.15) is 5.82 Å². The van der Waals surface area contributed by atoms with E-state index in [1.807, 2.05) is 0 Å². The summed E-state index contributed by atoms with van der Waals surface area (Å²) < 4.78 is 0. The third kappa shape index (κ3) is 4.70. The fraction of sp³-hybridized carbons (Fsp3) is 0.571. The summed E-state index contributed by atoms with van der Waals surface area (Å²) in [6.45, 7) is 3.38. The van der Waals surface area contributed by atoms with Crippen molar-refractivity contribution in [1.29, 1.82) is 0 Å². The molecule has 114 valence electrons. The Balaban J connectivity index is 1.76. The molecule has 1 aromatic heterocycles. The van der Waals surface area contributed by atoms with Gasteiger partial charge in [0.2, 0.25) is 0 Å². The van der Waals surface area contributed by atoms with Gasteiger partial charge in [0.15, 0.2) is 0 Å². The first-order valence-electron chi connectivity index (χ1n) is 7.07. The maximum absolute atomic E-state index is 12.0. The van der Waals surface area contributed by atoms with Gasteiger partial charge in [-0.2, -0.15) is 0 Å². The second-order valence-corrected chi connectivity index (χ2v) is 5.28. The van der Waals surface area contributed by atoms with Crippen LogP contribution >= 0.6 is 0 Å². The molecular weight excluding hydrogens is 272 g/mol. The highest BCUT2D eigenvalue weighted by Crippen LogP contribution is 2.20. The molecule has 0 saturated carbocycles. The predicted molar refractivity (Wildman–Crippen MR) is 75.6 cm³/mol. The summed E-state index contributed by atoms with van der Waals surface area (Å²) in [5.74, 6) is 0.0873. The first-order valence-corrected chi connectivity index (χ1v) is 7.07. The maximum atomic E-state index is 12.0.